The molecule has 1 unspecified atom stereocenters. The van der Waals surface area contributed by atoms with Gasteiger partial charge >= 0.3 is 5.97 Å². The summed E-state index contributed by atoms with van der Waals surface area (Å²) < 4.78 is 20.0. The van der Waals surface area contributed by atoms with Crippen molar-refractivity contribution in [2.24, 2.45) is 0 Å². The van der Waals surface area contributed by atoms with E-state index in [4.69, 9.17) is 0 Å². The number of thioether (sulfide) groups is 1. The van der Waals surface area contributed by atoms with Crippen molar-refractivity contribution in [1.29, 1.82) is 0 Å². The molecule has 1 atom stereocenters. The standard InChI is InChI=1S/C23H26FN5O3S/c1-15(28(2)3)21-26-27-23(29(21)19-11-9-18(24)10-12-19)33-14-20(30)25-13-16-5-7-17(8-6-16)22(31)32-4/h5-12,15H,13-14H2,1-4H3,(H,25,30). The second kappa shape index (κ2) is 11.1. The molecular formula is C23H26FN5O3S. The Morgan fingerprint density at radius 3 is 2.39 bits per heavy atom. The van der Waals surface area contributed by atoms with Gasteiger partial charge in [0, 0.05) is 12.2 Å². The van der Waals surface area contributed by atoms with Crippen molar-refractivity contribution < 1.29 is 18.7 Å². The fraction of sp³-hybridized carbons (Fsp3) is 0.304. The van der Waals surface area contributed by atoms with Crippen LogP contribution < -0.4 is 5.32 Å². The first-order valence-corrected chi connectivity index (χ1v) is 11.2. The monoisotopic (exact) mass is 471 g/mol. The van der Waals surface area contributed by atoms with E-state index in [2.05, 4.69) is 20.3 Å². The number of esters is 1. The molecule has 1 amide bonds. The first-order valence-electron chi connectivity index (χ1n) is 10.2. The molecule has 0 aliphatic rings. The Morgan fingerprint density at radius 1 is 1.12 bits per heavy atom. The second-order valence-corrected chi connectivity index (χ2v) is 8.49. The Hall–Kier alpha value is -3.24. The zero-order valence-electron chi connectivity index (χ0n) is 18.9. The van der Waals surface area contributed by atoms with E-state index >= 15 is 0 Å². The number of ether oxygens (including phenoxy) is 1. The molecule has 0 aliphatic heterocycles. The zero-order valence-corrected chi connectivity index (χ0v) is 19.7. The molecule has 0 saturated heterocycles. The SMILES string of the molecule is COC(=O)c1ccc(CNC(=O)CSc2nnc(C(C)N(C)C)n2-c2ccc(F)cc2)cc1. The predicted molar refractivity (Wildman–Crippen MR) is 124 cm³/mol. The van der Waals surface area contributed by atoms with Crippen molar-refractivity contribution in [3.63, 3.8) is 0 Å². The van der Waals surface area contributed by atoms with Crippen LogP contribution in [0.25, 0.3) is 5.69 Å². The third-order valence-corrected chi connectivity index (χ3v) is 6.02. The quantitative estimate of drug-likeness (QED) is 0.379. The molecule has 0 fully saturated rings. The summed E-state index contributed by atoms with van der Waals surface area (Å²) in [6.45, 7) is 2.32. The molecule has 1 heterocycles. The number of nitrogens with one attached hydrogen (secondary N) is 1. The number of carbonyl (C=O) groups excluding carboxylic acids is 2. The molecule has 0 spiro atoms. The number of hydrogen-bond donors (Lipinski definition) is 1. The lowest BCUT2D eigenvalue weighted by Gasteiger charge is -2.20. The highest BCUT2D eigenvalue weighted by atomic mass is 32.2. The van der Waals surface area contributed by atoms with Gasteiger partial charge in [0.25, 0.3) is 0 Å². The Balaban J connectivity index is 1.67. The molecule has 174 valence electrons. The van der Waals surface area contributed by atoms with E-state index in [-0.39, 0.29) is 23.5 Å². The maximum absolute atomic E-state index is 13.4. The van der Waals surface area contributed by atoms with Crippen molar-refractivity contribution in [1.82, 2.24) is 25.0 Å². The lowest BCUT2D eigenvalue weighted by Crippen LogP contribution is -2.25. The Labute approximate surface area is 196 Å². The highest BCUT2D eigenvalue weighted by Gasteiger charge is 2.21. The summed E-state index contributed by atoms with van der Waals surface area (Å²) in [6, 6.07) is 12.9. The van der Waals surface area contributed by atoms with E-state index in [0.717, 1.165) is 11.3 Å². The number of amides is 1. The van der Waals surface area contributed by atoms with Gasteiger partial charge in [-0.05, 0) is 63.0 Å². The number of rotatable bonds is 9. The lowest BCUT2D eigenvalue weighted by molar-refractivity contribution is -0.118. The minimum absolute atomic E-state index is 0.0429. The number of halogens is 1. The number of aromatic nitrogens is 3. The third kappa shape index (κ3) is 6.17. The van der Waals surface area contributed by atoms with E-state index in [0.29, 0.717) is 23.1 Å². The van der Waals surface area contributed by atoms with Gasteiger partial charge < -0.3 is 10.1 Å². The molecule has 8 nitrogen and oxygen atoms in total. The molecule has 0 aliphatic carbocycles. The van der Waals surface area contributed by atoms with Crippen LogP contribution in [0.2, 0.25) is 0 Å². The summed E-state index contributed by atoms with van der Waals surface area (Å²) in [6.07, 6.45) is 0. The van der Waals surface area contributed by atoms with Crippen molar-refractivity contribution in [2.75, 3.05) is 27.0 Å². The fourth-order valence-electron chi connectivity index (χ4n) is 2.97. The molecule has 0 bridgehead atoms. The van der Waals surface area contributed by atoms with Crippen LogP contribution in [0.4, 0.5) is 4.39 Å². The maximum Gasteiger partial charge on any atom is 0.337 e. The Bertz CT molecular complexity index is 1100. The third-order valence-electron chi connectivity index (χ3n) is 5.09. The normalized spacial score (nSPS) is 11.9. The van der Waals surface area contributed by atoms with Crippen LogP contribution in [-0.2, 0) is 16.1 Å². The summed E-state index contributed by atoms with van der Waals surface area (Å²) in [5.74, 6) is -0.0822. The van der Waals surface area contributed by atoms with Crippen LogP contribution >= 0.6 is 11.8 Å². The Morgan fingerprint density at radius 2 is 1.79 bits per heavy atom. The molecule has 10 heteroatoms. The average molecular weight is 472 g/mol. The van der Waals surface area contributed by atoms with Gasteiger partial charge in [0.1, 0.15) is 5.82 Å². The van der Waals surface area contributed by atoms with Gasteiger partial charge in [0.2, 0.25) is 5.91 Å². The van der Waals surface area contributed by atoms with Gasteiger partial charge in [0.15, 0.2) is 11.0 Å². The smallest absolute Gasteiger partial charge is 0.337 e. The van der Waals surface area contributed by atoms with Gasteiger partial charge in [-0.15, -0.1) is 10.2 Å². The minimum atomic E-state index is -0.407. The van der Waals surface area contributed by atoms with Crippen molar-refractivity contribution in [2.45, 2.75) is 24.7 Å². The summed E-state index contributed by atoms with van der Waals surface area (Å²) in [7, 11) is 5.20. The highest BCUT2D eigenvalue weighted by Crippen LogP contribution is 2.26. The van der Waals surface area contributed by atoms with Crippen LogP contribution in [0.3, 0.4) is 0 Å². The molecule has 0 saturated carbocycles. The van der Waals surface area contributed by atoms with E-state index in [9.17, 15) is 14.0 Å². The molecule has 33 heavy (non-hydrogen) atoms. The molecule has 1 aromatic heterocycles. The number of carbonyl (C=O) groups is 2. The van der Waals surface area contributed by atoms with Gasteiger partial charge in [-0.3, -0.25) is 14.3 Å². The topological polar surface area (TPSA) is 89.3 Å². The first-order chi connectivity index (χ1) is 15.8. The van der Waals surface area contributed by atoms with Crippen LogP contribution in [0, 0.1) is 5.82 Å². The predicted octanol–water partition coefficient (Wildman–Crippen LogP) is 3.22. The van der Waals surface area contributed by atoms with Gasteiger partial charge in [-0.25, -0.2) is 9.18 Å². The molecular weight excluding hydrogens is 445 g/mol. The molecule has 3 rings (SSSR count). The van der Waals surface area contributed by atoms with Gasteiger partial charge in [-0.1, -0.05) is 23.9 Å². The number of nitrogens with zero attached hydrogens (tertiary/aromatic N) is 4. The largest absolute Gasteiger partial charge is 0.465 e. The zero-order chi connectivity index (χ0) is 24.0. The summed E-state index contributed by atoms with van der Waals surface area (Å²) in [5, 5.41) is 12.0. The average Bonchev–Trinajstić information content (AvgIpc) is 3.24. The minimum Gasteiger partial charge on any atom is -0.465 e. The van der Waals surface area contributed by atoms with Crippen LogP contribution in [0.1, 0.15) is 34.7 Å². The van der Waals surface area contributed by atoms with Crippen LogP contribution in [0.5, 0.6) is 0 Å². The van der Waals surface area contributed by atoms with Crippen LogP contribution in [-0.4, -0.2) is 58.5 Å². The second-order valence-electron chi connectivity index (χ2n) is 7.55. The van der Waals surface area contributed by atoms with E-state index < -0.39 is 5.97 Å². The molecule has 1 N–H and O–H groups in total. The van der Waals surface area contributed by atoms with Gasteiger partial charge in [0.05, 0.1) is 24.5 Å². The Kier molecular flexibility index (Phi) is 8.18. The van der Waals surface area contributed by atoms with Crippen LogP contribution in [0.15, 0.2) is 53.7 Å². The molecule has 0 radical (unpaired) electrons. The molecule has 3 aromatic rings. The summed E-state index contributed by atoms with van der Waals surface area (Å²) in [5.41, 5.74) is 2.03. The number of benzene rings is 2. The van der Waals surface area contributed by atoms with E-state index in [1.807, 2.05) is 30.5 Å². The van der Waals surface area contributed by atoms with Crippen molar-refractivity contribution in [3.05, 3.63) is 71.3 Å². The summed E-state index contributed by atoms with van der Waals surface area (Å²) in [4.78, 5) is 25.9. The van der Waals surface area contributed by atoms with E-state index in [1.165, 1.54) is 31.0 Å². The fourth-order valence-corrected chi connectivity index (χ4v) is 3.76. The maximum atomic E-state index is 13.4. The van der Waals surface area contributed by atoms with Crippen molar-refractivity contribution in [3.8, 4) is 5.69 Å². The first kappa shape index (κ1) is 24.4. The lowest BCUT2D eigenvalue weighted by atomic mass is 10.1. The number of methoxy groups -OCH3 is 1. The molecule has 2 aromatic carbocycles. The van der Waals surface area contributed by atoms with Crippen molar-refractivity contribution >= 4 is 23.6 Å². The highest BCUT2D eigenvalue weighted by molar-refractivity contribution is 7.99. The number of hydrogen-bond acceptors (Lipinski definition) is 7. The summed E-state index contributed by atoms with van der Waals surface area (Å²) >= 11 is 1.25. The van der Waals surface area contributed by atoms with E-state index in [1.54, 1.807) is 36.4 Å². The van der Waals surface area contributed by atoms with Gasteiger partial charge in [-0.2, -0.15) is 0 Å².